The molecule has 33 heavy (non-hydrogen) atoms. The van der Waals surface area contributed by atoms with Crippen LogP contribution in [0.3, 0.4) is 0 Å². The number of ether oxygens (including phenoxy) is 3. The van der Waals surface area contributed by atoms with E-state index in [1.807, 2.05) is 30.3 Å². The number of hydrogen-bond acceptors (Lipinski definition) is 7. The Hall–Kier alpha value is -3.42. The molecule has 1 fully saturated rings. The van der Waals surface area contributed by atoms with E-state index in [2.05, 4.69) is 45.6 Å². The molecule has 170 valence electrons. The van der Waals surface area contributed by atoms with Crippen LogP contribution in [0.5, 0.6) is 5.75 Å². The second-order valence-electron chi connectivity index (χ2n) is 7.98. The second kappa shape index (κ2) is 10.5. The molecule has 2 aromatic carbocycles. The van der Waals surface area contributed by atoms with E-state index in [4.69, 9.17) is 19.2 Å². The summed E-state index contributed by atoms with van der Waals surface area (Å²) in [5.74, 6) is 1.38. The first-order valence-electron chi connectivity index (χ1n) is 11.4. The quantitative estimate of drug-likeness (QED) is 0.551. The highest BCUT2D eigenvalue weighted by molar-refractivity contribution is 5.66. The summed E-state index contributed by atoms with van der Waals surface area (Å²) < 4.78 is 17.4. The minimum atomic E-state index is 0.522. The molecule has 2 aliphatic heterocycles. The molecule has 0 unspecified atom stereocenters. The fourth-order valence-corrected chi connectivity index (χ4v) is 4.01. The summed E-state index contributed by atoms with van der Waals surface area (Å²) in [4.78, 5) is 11.5. The summed E-state index contributed by atoms with van der Waals surface area (Å²) in [6.45, 7) is 4.93. The van der Waals surface area contributed by atoms with Crippen molar-refractivity contribution in [3.63, 3.8) is 0 Å². The molecule has 6 bridgehead atoms. The predicted molar refractivity (Wildman–Crippen MR) is 129 cm³/mol. The van der Waals surface area contributed by atoms with Crippen LogP contribution >= 0.6 is 0 Å². The smallest absolute Gasteiger partial charge is 0.227 e. The first kappa shape index (κ1) is 21.4. The van der Waals surface area contributed by atoms with Gasteiger partial charge in [0.05, 0.1) is 38.7 Å². The lowest BCUT2D eigenvalue weighted by Gasteiger charge is -2.31. The van der Waals surface area contributed by atoms with Crippen molar-refractivity contribution in [1.29, 1.82) is 0 Å². The molecule has 0 spiro atoms. The predicted octanol–water partition coefficient (Wildman–Crippen LogP) is 4.58. The highest BCUT2D eigenvalue weighted by Crippen LogP contribution is 2.28. The number of benzene rings is 2. The van der Waals surface area contributed by atoms with Crippen molar-refractivity contribution in [2.75, 3.05) is 49.7 Å². The van der Waals surface area contributed by atoms with E-state index in [1.165, 1.54) is 5.69 Å². The van der Waals surface area contributed by atoms with Crippen LogP contribution in [0.15, 0.2) is 66.9 Å². The zero-order valence-corrected chi connectivity index (χ0v) is 18.6. The van der Waals surface area contributed by atoms with Crippen molar-refractivity contribution >= 4 is 17.3 Å². The lowest BCUT2D eigenvalue weighted by atomic mass is 10.1. The second-order valence-corrected chi connectivity index (χ2v) is 7.98. The maximum atomic E-state index is 5.98. The van der Waals surface area contributed by atoms with E-state index in [0.717, 1.165) is 61.0 Å². The number of aromatic nitrogens is 2. The molecule has 0 saturated carbocycles. The van der Waals surface area contributed by atoms with E-state index >= 15 is 0 Å². The number of nitrogens with one attached hydrogen (secondary N) is 1. The Morgan fingerprint density at radius 1 is 0.909 bits per heavy atom. The molecule has 3 heterocycles. The zero-order valence-electron chi connectivity index (χ0n) is 18.6. The van der Waals surface area contributed by atoms with E-state index in [-0.39, 0.29) is 0 Å². The molecule has 5 rings (SSSR count). The van der Waals surface area contributed by atoms with Gasteiger partial charge in [-0.15, -0.1) is 0 Å². The fraction of sp³-hybridized carbons (Fsp3) is 0.308. The Labute approximate surface area is 194 Å². The van der Waals surface area contributed by atoms with Gasteiger partial charge in [-0.05, 0) is 42.8 Å². The Bertz CT molecular complexity index is 1110. The zero-order chi connectivity index (χ0) is 22.3. The molecule has 0 aliphatic carbocycles. The summed E-state index contributed by atoms with van der Waals surface area (Å²) in [7, 11) is 0. The fourth-order valence-electron chi connectivity index (χ4n) is 4.01. The molecule has 1 aromatic heterocycles. The van der Waals surface area contributed by atoms with Crippen LogP contribution in [0.25, 0.3) is 11.3 Å². The standard InChI is InChI=1S/C26H28N4O3/c1-2-13-32-19-21-17-22(7-8-25(21)30-11-15-31-16-12-30)28-26-27-10-9-24(29-26)20-5-4-6-23(18-20)33-14-3-1/h1-2,4-10,17-18H,3,11-16,19H2,(H,27,28,29)/b2-1+. The topological polar surface area (TPSA) is 68.7 Å². The Balaban J connectivity index is 1.47. The Kier molecular flexibility index (Phi) is 6.79. The summed E-state index contributed by atoms with van der Waals surface area (Å²) in [5.41, 5.74) is 5.07. The van der Waals surface area contributed by atoms with Crippen LogP contribution in [0.4, 0.5) is 17.3 Å². The molecule has 1 saturated heterocycles. The summed E-state index contributed by atoms with van der Waals surface area (Å²) in [5, 5.41) is 3.36. The van der Waals surface area contributed by atoms with Gasteiger partial charge >= 0.3 is 0 Å². The van der Waals surface area contributed by atoms with Gasteiger partial charge in [0.15, 0.2) is 0 Å². The van der Waals surface area contributed by atoms with Crippen LogP contribution in [0.2, 0.25) is 0 Å². The van der Waals surface area contributed by atoms with Crippen molar-refractivity contribution in [2.45, 2.75) is 13.0 Å². The molecule has 3 aromatic rings. The third-order valence-electron chi connectivity index (χ3n) is 5.66. The average Bonchev–Trinajstić information content (AvgIpc) is 2.86. The molecule has 7 nitrogen and oxygen atoms in total. The third-order valence-corrected chi connectivity index (χ3v) is 5.66. The summed E-state index contributed by atoms with van der Waals surface area (Å²) in [6, 6.07) is 16.2. The molecule has 2 aliphatic rings. The summed E-state index contributed by atoms with van der Waals surface area (Å²) in [6.07, 6.45) is 6.75. The van der Waals surface area contributed by atoms with Gasteiger partial charge in [-0.25, -0.2) is 9.97 Å². The maximum absolute atomic E-state index is 5.98. The van der Waals surface area contributed by atoms with E-state index in [1.54, 1.807) is 6.20 Å². The Morgan fingerprint density at radius 2 is 1.85 bits per heavy atom. The SMILES string of the molecule is C1=C/COCc2cc(ccc2N2CCOCC2)Nc2nccc(n2)-c2cccc(c2)OCC/1. The van der Waals surface area contributed by atoms with Crippen LogP contribution in [0.1, 0.15) is 12.0 Å². The molecule has 1 N–H and O–H groups in total. The number of nitrogens with zero attached hydrogens (tertiary/aromatic N) is 3. The van der Waals surface area contributed by atoms with Gasteiger partial charge in [-0.1, -0.05) is 24.3 Å². The van der Waals surface area contributed by atoms with Crippen LogP contribution < -0.4 is 15.0 Å². The monoisotopic (exact) mass is 444 g/mol. The lowest BCUT2D eigenvalue weighted by Crippen LogP contribution is -2.36. The van der Waals surface area contributed by atoms with E-state index in [9.17, 15) is 0 Å². The molecule has 7 heteroatoms. The van der Waals surface area contributed by atoms with Crippen molar-refractivity contribution in [3.05, 3.63) is 72.4 Å². The van der Waals surface area contributed by atoms with Gasteiger partial charge in [-0.2, -0.15) is 0 Å². The van der Waals surface area contributed by atoms with Gasteiger partial charge < -0.3 is 24.4 Å². The minimum Gasteiger partial charge on any atom is -0.493 e. The van der Waals surface area contributed by atoms with E-state index in [0.29, 0.717) is 25.8 Å². The number of anilines is 3. The first-order valence-corrected chi connectivity index (χ1v) is 11.4. The molecular weight excluding hydrogens is 416 g/mol. The van der Waals surface area contributed by atoms with Gasteiger partial charge in [0.2, 0.25) is 5.95 Å². The van der Waals surface area contributed by atoms with Gasteiger partial charge in [0, 0.05) is 41.8 Å². The van der Waals surface area contributed by atoms with Crippen LogP contribution in [0, 0.1) is 0 Å². The molecular formula is C26H28N4O3. The maximum Gasteiger partial charge on any atom is 0.227 e. The third kappa shape index (κ3) is 5.50. The Morgan fingerprint density at radius 3 is 2.79 bits per heavy atom. The van der Waals surface area contributed by atoms with Crippen LogP contribution in [-0.4, -0.2) is 49.5 Å². The normalized spacial score (nSPS) is 17.8. The number of morpholine rings is 1. The molecule has 0 radical (unpaired) electrons. The summed E-state index contributed by atoms with van der Waals surface area (Å²) >= 11 is 0. The van der Waals surface area contributed by atoms with Gasteiger partial charge in [-0.3, -0.25) is 0 Å². The first-order chi connectivity index (χ1) is 16.3. The van der Waals surface area contributed by atoms with Crippen molar-refractivity contribution in [3.8, 4) is 17.0 Å². The van der Waals surface area contributed by atoms with Crippen LogP contribution in [-0.2, 0) is 16.1 Å². The average molecular weight is 445 g/mol. The van der Waals surface area contributed by atoms with Crippen molar-refractivity contribution in [2.24, 2.45) is 0 Å². The highest BCUT2D eigenvalue weighted by Gasteiger charge is 2.16. The highest BCUT2D eigenvalue weighted by atomic mass is 16.5. The van der Waals surface area contributed by atoms with Crippen molar-refractivity contribution < 1.29 is 14.2 Å². The number of hydrogen-bond donors (Lipinski definition) is 1. The minimum absolute atomic E-state index is 0.522. The number of fused-ring (bicyclic) bond motifs is 7. The number of rotatable bonds is 1. The molecule has 0 atom stereocenters. The molecule has 0 amide bonds. The van der Waals surface area contributed by atoms with Gasteiger partial charge in [0.25, 0.3) is 0 Å². The lowest BCUT2D eigenvalue weighted by molar-refractivity contribution is 0.121. The van der Waals surface area contributed by atoms with Gasteiger partial charge in [0.1, 0.15) is 5.75 Å². The van der Waals surface area contributed by atoms with Crippen molar-refractivity contribution in [1.82, 2.24) is 9.97 Å². The van der Waals surface area contributed by atoms with E-state index < -0.39 is 0 Å². The largest absolute Gasteiger partial charge is 0.493 e.